The summed E-state index contributed by atoms with van der Waals surface area (Å²) in [5, 5.41) is 23.0. The van der Waals surface area contributed by atoms with Crippen molar-refractivity contribution in [3.05, 3.63) is 59.8 Å². The number of hydrogen-bond acceptors (Lipinski definition) is 11. The van der Waals surface area contributed by atoms with Gasteiger partial charge in [-0.15, -0.1) is 0 Å². The molecule has 2 fully saturated rings. The van der Waals surface area contributed by atoms with E-state index in [9.17, 15) is 9.90 Å². The number of hydrogen-bond donors (Lipinski definition) is 2. The fourth-order valence-electron chi connectivity index (χ4n) is 5.16. The van der Waals surface area contributed by atoms with Crippen LogP contribution < -0.4 is 10.1 Å². The lowest BCUT2D eigenvalue weighted by Crippen LogP contribution is -2.49. The smallest absolute Gasteiger partial charge is 0.255 e. The van der Waals surface area contributed by atoms with Crippen molar-refractivity contribution in [2.45, 2.75) is 19.1 Å². The molecule has 2 N–H and O–H groups in total. The maximum atomic E-state index is 13.2. The number of pyridine rings is 3. The third-order valence-electron chi connectivity index (χ3n) is 7.37. The SMILES string of the molecule is Cc1cc(C#N)ncc1Oc1cc(Nc2ccc(C(=O)N3C[C@H](O)[C@@H](N4CCOCC4)C3)cn2)c2ncn(C)c2n1. The van der Waals surface area contributed by atoms with Gasteiger partial charge in [0.2, 0.25) is 5.88 Å². The summed E-state index contributed by atoms with van der Waals surface area (Å²) in [7, 11) is 1.84. The molecule has 0 bridgehead atoms. The summed E-state index contributed by atoms with van der Waals surface area (Å²) in [6.07, 6.45) is 4.08. The number of fused-ring (bicyclic) bond motifs is 1. The lowest BCUT2D eigenvalue weighted by Gasteiger charge is -2.33. The van der Waals surface area contributed by atoms with Crippen molar-refractivity contribution in [1.29, 1.82) is 5.26 Å². The fourth-order valence-corrected chi connectivity index (χ4v) is 5.16. The van der Waals surface area contributed by atoms with Crippen LogP contribution in [0.5, 0.6) is 11.6 Å². The van der Waals surface area contributed by atoms with Crippen molar-refractivity contribution in [2.75, 3.05) is 44.7 Å². The highest BCUT2D eigenvalue weighted by molar-refractivity contribution is 5.94. The fraction of sp³-hybridized carbons (Fsp3) is 0.357. The van der Waals surface area contributed by atoms with Gasteiger partial charge in [-0.1, -0.05) is 0 Å². The van der Waals surface area contributed by atoms with E-state index in [1.54, 1.807) is 40.1 Å². The van der Waals surface area contributed by atoms with Gasteiger partial charge in [-0.05, 0) is 30.7 Å². The Kier molecular flexibility index (Phi) is 7.19. The van der Waals surface area contributed by atoms with Crippen LogP contribution in [0.15, 0.2) is 43.0 Å². The highest BCUT2D eigenvalue weighted by Gasteiger charge is 2.38. The molecule has 210 valence electrons. The van der Waals surface area contributed by atoms with Crippen LogP contribution >= 0.6 is 0 Å². The van der Waals surface area contributed by atoms with Crippen molar-refractivity contribution in [1.82, 2.24) is 34.3 Å². The second-order valence-corrected chi connectivity index (χ2v) is 10.1. The van der Waals surface area contributed by atoms with E-state index in [4.69, 9.17) is 14.7 Å². The number of ether oxygens (including phenoxy) is 2. The Morgan fingerprint density at radius 3 is 2.73 bits per heavy atom. The van der Waals surface area contributed by atoms with Crippen molar-refractivity contribution >= 4 is 28.6 Å². The molecule has 41 heavy (non-hydrogen) atoms. The first-order valence-corrected chi connectivity index (χ1v) is 13.3. The Hall–Kier alpha value is -4.64. The first-order chi connectivity index (χ1) is 19.9. The van der Waals surface area contributed by atoms with E-state index in [1.165, 1.54) is 12.4 Å². The number of imidazole rings is 1. The van der Waals surface area contributed by atoms with E-state index in [1.807, 2.05) is 20.0 Å². The van der Waals surface area contributed by atoms with Crippen molar-refractivity contribution in [3.63, 3.8) is 0 Å². The third-order valence-corrected chi connectivity index (χ3v) is 7.37. The second-order valence-electron chi connectivity index (χ2n) is 10.1. The number of aryl methyl sites for hydroxylation is 2. The molecule has 0 unspecified atom stereocenters. The zero-order valence-electron chi connectivity index (χ0n) is 22.7. The monoisotopic (exact) mass is 555 g/mol. The molecule has 2 aliphatic heterocycles. The van der Waals surface area contributed by atoms with Gasteiger partial charge < -0.3 is 29.4 Å². The van der Waals surface area contributed by atoms with Crippen LogP contribution in [-0.4, -0.2) is 96.9 Å². The zero-order valence-corrected chi connectivity index (χ0v) is 22.7. The Bertz CT molecular complexity index is 1630. The molecule has 0 aromatic carbocycles. The molecule has 2 aliphatic rings. The first-order valence-electron chi connectivity index (χ1n) is 13.3. The third kappa shape index (κ3) is 5.40. The van der Waals surface area contributed by atoms with E-state index in [-0.39, 0.29) is 18.5 Å². The second kappa shape index (κ2) is 11.1. The number of aliphatic hydroxyl groups is 1. The highest BCUT2D eigenvalue weighted by atomic mass is 16.5. The summed E-state index contributed by atoms with van der Waals surface area (Å²) < 4.78 is 13.2. The number of morpholine rings is 1. The quantitative estimate of drug-likeness (QED) is 0.359. The van der Waals surface area contributed by atoms with Crippen LogP contribution in [0.3, 0.4) is 0 Å². The van der Waals surface area contributed by atoms with Crippen LogP contribution in [0.4, 0.5) is 11.5 Å². The number of rotatable bonds is 6. The van der Waals surface area contributed by atoms with Crippen molar-refractivity contribution in [2.24, 2.45) is 7.05 Å². The summed E-state index contributed by atoms with van der Waals surface area (Å²) in [5.74, 6) is 1.13. The summed E-state index contributed by atoms with van der Waals surface area (Å²) in [6, 6.07) is 8.72. The van der Waals surface area contributed by atoms with Gasteiger partial charge in [-0.25, -0.2) is 15.0 Å². The normalized spacial score (nSPS) is 19.3. The average molecular weight is 556 g/mol. The number of nitrogens with zero attached hydrogens (tertiary/aromatic N) is 8. The van der Waals surface area contributed by atoms with E-state index >= 15 is 0 Å². The number of nitriles is 1. The summed E-state index contributed by atoms with van der Waals surface area (Å²) in [6.45, 7) is 5.35. The van der Waals surface area contributed by atoms with E-state index < -0.39 is 6.10 Å². The predicted octanol–water partition coefficient (Wildman–Crippen LogP) is 1.99. The largest absolute Gasteiger partial charge is 0.437 e. The van der Waals surface area contributed by atoms with Gasteiger partial charge >= 0.3 is 0 Å². The van der Waals surface area contributed by atoms with Gasteiger partial charge in [0.1, 0.15) is 23.1 Å². The number of likely N-dealkylation sites (tertiary alicyclic amines) is 1. The van der Waals surface area contributed by atoms with Crippen LogP contribution in [0, 0.1) is 18.3 Å². The van der Waals surface area contributed by atoms with Crippen LogP contribution in [0.1, 0.15) is 21.6 Å². The van der Waals surface area contributed by atoms with Crippen molar-refractivity contribution in [3.8, 4) is 17.7 Å². The standard InChI is InChI=1S/C28H29N9O4/c1-17-9-19(11-29)30-13-23(17)41-25-10-20(26-27(34-25)35(2)16-32-26)33-24-4-3-18(12-31-24)28(39)37-14-21(22(38)15-37)36-5-7-40-8-6-36/h3-4,9-10,12-13,16,21-22,38H,5-8,14-15H2,1-2H3,(H,31,33,34)/t21-,22-/m0/s1. The Morgan fingerprint density at radius 2 is 2.00 bits per heavy atom. The van der Waals surface area contributed by atoms with Gasteiger partial charge in [-0.3, -0.25) is 9.69 Å². The average Bonchev–Trinajstić information content (AvgIpc) is 3.57. The Labute approximate surface area is 236 Å². The van der Waals surface area contributed by atoms with Gasteiger partial charge in [0.25, 0.3) is 5.91 Å². The van der Waals surface area contributed by atoms with E-state index in [2.05, 4.69) is 30.2 Å². The molecule has 13 nitrogen and oxygen atoms in total. The molecule has 6 rings (SSSR count). The lowest BCUT2D eigenvalue weighted by molar-refractivity contribution is -0.00611. The minimum absolute atomic E-state index is 0.0931. The number of nitrogens with one attached hydrogen (secondary N) is 1. The number of anilines is 2. The zero-order chi connectivity index (χ0) is 28.5. The number of carbonyl (C=O) groups is 1. The summed E-state index contributed by atoms with van der Waals surface area (Å²) in [4.78, 5) is 34.7. The van der Waals surface area contributed by atoms with Crippen molar-refractivity contribution < 1.29 is 19.4 Å². The summed E-state index contributed by atoms with van der Waals surface area (Å²) >= 11 is 0. The van der Waals surface area contributed by atoms with Gasteiger partial charge in [-0.2, -0.15) is 10.2 Å². The van der Waals surface area contributed by atoms with Crippen LogP contribution in [-0.2, 0) is 11.8 Å². The van der Waals surface area contributed by atoms with Crippen LogP contribution in [0.25, 0.3) is 11.2 Å². The maximum Gasteiger partial charge on any atom is 0.255 e. The molecule has 4 aromatic rings. The topological polar surface area (TPSA) is 155 Å². The highest BCUT2D eigenvalue weighted by Crippen LogP contribution is 2.31. The molecular formula is C28H29N9O4. The molecule has 0 radical (unpaired) electrons. The number of carbonyl (C=O) groups excluding carboxylic acids is 1. The molecule has 0 aliphatic carbocycles. The van der Waals surface area contributed by atoms with E-state index in [0.29, 0.717) is 65.3 Å². The van der Waals surface area contributed by atoms with Gasteiger partial charge in [0, 0.05) is 45.5 Å². The van der Waals surface area contributed by atoms with Crippen LogP contribution in [0.2, 0.25) is 0 Å². The van der Waals surface area contributed by atoms with Gasteiger partial charge in [0.15, 0.2) is 11.4 Å². The summed E-state index contributed by atoms with van der Waals surface area (Å²) in [5.41, 5.74) is 3.33. The number of aliphatic hydroxyl groups excluding tert-OH is 1. The number of aromatic nitrogens is 5. The maximum absolute atomic E-state index is 13.2. The molecular weight excluding hydrogens is 526 g/mol. The minimum Gasteiger partial charge on any atom is -0.437 e. The van der Waals surface area contributed by atoms with E-state index in [0.717, 1.165) is 18.7 Å². The molecule has 6 heterocycles. The Morgan fingerprint density at radius 1 is 1.17 bits per heavy atom. The Balaban J connectivity index is 1.19. The molecule has 4 aromatic heterocycles. The first kappa shape index (κ1) is 26.6. The molecule has 2 saturated heterocycles. The molecule has 0 saturated carbocycles. The number of amides is 1. The molecule has 2 atom stereocenters. The predicted molar refractivity (Wildman–Crippen MR) is 148 cm³/mol. The molecule has 1 amide bonds. The lowest BCUT2D eigenvalue weighted by atomic mass is 10.1. The number of β-amino-alcohol motifs (C(OH)–C–C–N with tert-alkyl or cyclic N) is 1. The molecule has 13 heteroatoms. The van der Waals surface area contributed by atoms with Gasteiger partial charge in [0.05, 0.1) is 49.1 Å². The minimum atomic E-state index is -0.598. The molecule has 0 spiro atoms.